The zero-order chi connectivity index (χ0) is 15.5. The SMILES string of the molecule is CCc1ccnc(CNC(=O)N2CC[C@@H](S(C)(=O)=O)C2)c1. The van der Waals surface area contributed by atoms with E-state index in [1.807, 2.05) is 12.1 Å². The van der Waals surface area contributed by atoms with Crippen LogP contribution in [0.3, 0.4) is 0 Å². The molecule has 1 aliphatic rings. The van der Waals surface area contributed by atoms with E-state index in [1.54, 1.807) is 11.1 Å². The number of sulfone groups is 1. The zero-order valence-electron chi connectivity index (χ0n) is 12.4. The number of likely N-dealkylation sites (tertiary alicyclic amines) is 1. The zero-order valence-corrected chi connectivity index (χ0v) is 13.2. The quantitative estimate of drug-likeness (QED) is 0.898. The molecule has 1 aromatic heterocycles. The second-order valence-corrected chi connectivity index (χ2v) is 7.68. The Morgan fingerprint density at radius 3 is 2.90 bits per heavy atom. The van der Waals surface area contributed by atoms with Crippen molar-refractivity contribution in [2.24, 2.45) is 0 Å². The topological polar surface area (TPSA) is 79.4 Å². The van der Waals surface area contributed by atoms with E-state index in [9.17, 15) is 13.2 Å². The molecule has 116 valence electrons. The van der Waals surface area contributed by atoms with Gasteiger partial charge in [-0.15, -0.1) is 0 Å². The highest BCUT2D eigenvalue weighted by Gasteiger charge is 2.32. The molecule has 2 heterocycles. The van der Waals surface area contributed by atoms with Gasteiger partial charge in [-0.2, -0.15) is 0 Å². The Bertz CT molecular complexity index is 616. The van der Waals surface area contributed by atoms with Crippen molar-refractivity contribution in [3.05, 3.63) is 29.6 Å². The maximum absolute atomic E-state index is 12.0. The molecule has 1 atom stereocenters. The van der Waals surface area contributed by atoms with Crippen molar-refractivity contribution >= 4 is 15.9 Å². The molecule has 0 spiro atoms. The smallest absolute Gasteiger partial charge is 0.317 e. The van der Waals surface area contributed by atoms with Crippen molar-refractivity contribution in [2.45, 2.75) is 31.6 Å². The Kier molecular flexibility index (Phi) is 4.82. The number of carbonyl (C=O) groups excluding carboxylic acids is 1. The first-order valence-electron chi connectivity index (χ1n) is 7.05. The molecule has 1 N–H and O–H groups in total. The average molecular weight is 311 g/mol. The van der Waals surface area contributed by atoms with Crippen molar-refractivity contribution in [3.8, 4) is 0 Å². The minimum absolute atomic E-state index is 0.232. The van der Waals surface area contributed by atoms with Gasteiger partial charge in [0, 0.05) is 25.5 Å². The molecule has 2 amide bonds. The van der Waals surface area contributed by atoms with E-state index in [0.717, 1.165) is 12.1 Å². The van der Waals surface area contributed by atoms with Gasteiger partial charge < -0.3 is 10.2 Å². The lowest BCUT2D eigenvalue weighted by atomic mass is 10.2. The van der Waals surface area contributed by atoms with Gasteiger partial charge in [-0.25, -0.2) is 13.2 Å². The van der Waals surface area contributed by atoms with Crippen LogP contribution in [0.4, 0.5) is 4.79 Å². The number of rotatable bonds is 4. The second-order valence-electron chi connectivity index (χ2n) is 5.35. The van der Waals surface area contributed by atoms with Crippen LogP contribution in [-0.2, 0) is 22.8 Å². The molecule has 6 nitrogen and oxygen atoms in total. The first-order valence-corrected chi connectivity index (χ1v) is 9.01. The molecule has 0 radical (unpaired) electrons. The first kappa shape index (κ1) is 15.8. The monoisotopic (exact) mass is 311 g/mol. The van der Waals surface area contributed by atoms with Crippen LogP contribution in [0.1, 0.15) is 24.6 Å². The highest BCUT2D eigenvalue weighted by Crippen LogP contribution is 2.16. The van der Waals surface area contributed by atoms with Crippen LogP contribution in [0, 0.1) is 0 Å². The number of pyridine rings is 1. The van der Waals surface area contributed by atoms with Gasteiger partial charge in [0.1, 0.15) is 0 Å². The molecule has 1 fully saturated rings. The summed E-state index contributed by atoms with van der Waals surface area (Å²) < 4.78 is 23.0. The number of carbonyl (C=O) groups is 1. The summed E-state index contributed by atoms with van der Waals surface area (Å²) >= 11 is 0. The van der Waals surface area contributed by atoms with Crippen LogP contribution in [0.15, 0.2) is 18.3 Å². The molecular formula is C14H21N3O3S. The molecule has 2 rings (SSSR count). The van der Waals surface area contributed by atoms with Crippen LogP contribution in [0.25, 0.3) is 0 Å². The molecule has 1 aromatic rings. The van der Waals surface area contributed by atoms with Crippen LogP contribution in [0.2, 0.25) is 0 Å². The van der Waals surface area contributed by atoms with E-state index in [2.05, 4.69) is 17.2 Å². The predicted molar refractivity (Wildman–Crippen MR) is 80.7 cm³/mol. The van der Waals surface area contributed by atoms with E-state index in [4.69, 9.17) is 0 Å². The van der Waals surface area contributed by atoms with E-state index in [1.165, 1.54) is 11.8 Å². The fraction of sp³-hybridized carbons (Fsp3) is 0.571. The summed E-state index contributed by atoms with van der Waals surface area (Å²) in [6, 6.07) is 3.68. The van der Waals surface area contributed by atoms with Gasteiger partial charge in [0.2, 0.25) is 0 Å². The Hall–Kier alpha value is -1.63. The van der Waals surface area contributed by atoms with Crippen LogP contribution >= 0.6 is 0 Å². The summed E-state index contributed by atoms with van der Waals surface area (Å²) in [5, 5.41) is 2.35. The van der Waals surface area contributed by atoms with E-state index in [0.29, 0.717) is 19.5 Å². The third-order valence-corrected chi connectivity index (χ3v) is 5.34. The summed E-state index contributed by atoms with van der Waals surface area (Å²) in [6.07, 6.45) is 4.39. The maximum Gasteiger partial charge on any atom is 0.317 e. The van der Waals surface area contributed by atoms with Crippen molar-refractivity contribution in [2.75, 3.05) is 19.3 Å². The standard InChI is InChI=1S/C14H21N3O3S/c1-3-11-4-6-15-12(8-11)9-16-14(18)17-7-5-13(10-17)21(2,19)20/h4,6,8,13H,3,5,7,9-10H2,1-2H3,(H,16,18)/t13-/m1/s1. The average Bonchev–Trinajstić information content (AvgIpc) is 2.95. The van der Waals surface area contributed by atoms with Crippen molar-refractivity contribution in [1.82, 2.24) is 15.2 Å². The fourth-order valence-corrected chi connectivity index (χ4v) is 3.37. The van der Waals surface area contributed by atoms with Crippen LogP contribution < -0.4 is 5.32 Å². The second kappa shape index (κ2) is 6.43. The van der Waals surface area contributed by atoms with Crippen molar-refractivity contribution < 1.29 is 13.2 Å². The van der Waals surface area contributed by atoms with Crippen LogP contribution in [-0.4, -0.2) is 48.9 Å². The molecule has 0 unspecified atom stereocenters. The van der Waals surface area contributed by atoms with E-state index in [-0.39, 0.29) is 12.6 Å². The number of urea groups is 1. The first-order chi connectivity index (χ1) is 9.90. The number of hydrogen-bond acceptors (Lipinski definition) is 4. The largest absolute Gasteiger partial charge is 0.332 e. The lowest BCUT2D eigenvalue weighted by Gasteiger charge is -2.17. The molecule has 1 aliphatic heterocycles. The third kappa shape index (κ3) is 4.17. The lowest BCUT2D eigenvalue weighted by molar-refractivity contribution is 0.208. The number of aryl methyl sites for hydroxylation is 1. The highest BCUT2D eigenvalue weighted by atomic mass is 32.2. The van der Waals surface area contributed by atoms with Crippen molar-refractivity contribution in [1.29, 1.82) is 0 Å². The van der Waals surface area contributed by atoms with Crippen molar-refractivity contribution in [3.63, 3.8) is 0 Å². The Morgan fingerprint density at radius 1 is 1.52 bits per heavy atom. The van der Waals surface area contributed by atoms with E-state index >= 15 is 0 Å². The molecule has 0 saturated carbocycles. The van der Waals surface area contributed by atoms with Gasteiger partial charge in [-0.3, -0.25) is 4.98 Å². The number of aromatic nitrogens is 1. The van der Waals surface area contributed by atoms with Gasteiger partial charge in [-0.1, -0.05) is 6.92 Å². The lowest BCUT2D eigenvalue weighted by Crippen LogP contribution is -2.39. The molecular weight excluding hydrogens is 290 g/mol. The third-order valence-electron chi connectivity index (χ3n) is 3.75. The Labute approximate surface area is 125 Å². The normalized spacial score (nSPS) is 18.8. The number of amides is 2. The van der Waals surface area contributed by atoms with Gasteiger partial charge in [0.15, 0.2) is 9.84 Å². The molecule has 7 heteroatoms. The van der Waals surface area contributed by atoms with Gasteiger partial charge in [-0.05, 0) is 30.5 Å². The minimum Gasteiger partial charge on any atom is -0.332 e. The summed E-state index contributed by atoms with van der Waals surface area (Å²) in [5.41, 5.74) is 1.98. The minimum atomic E-state index is -3.08. The molecule has 0 aromatic carbocycles. The summed E-state index contributed by atoms with van der Waals surface area (Å²) in [5.74, 6) is 0. The van der Waals surface area contributed by atoms with Crippen LogP contribution in [0.5, 0.6) is 0 Å². The van der Waals surface area contributed by atoms with Gasteiger partial charge in [0.25, 0.3) is 0 Å². The molecule has 0 bridgehead atoms. The number of nitrogens with zero attached hydrogens (tertiary/aromatic N) is 2. The Morgan fingerprint density at radius 2 is 2.29 bits per heavy atom. The summed E-state index contributed by atoms with van der Waals surface area (Å²) in [4.78, 5) is 17.8. The predicted octanol–water partition coefficient (Wildman–Crippen LogP) is 0.972. The van der Waals surface area contributed by atoms with E-state index < -0.39 is 15.1 Å². The Balaban J connectivity index is 1.88. The molecule has 0 aliphatic carbocycles. The molecule has 1 saturated heterocycles. The van der Waals surface area contributed by atoms with Gasteiger partial charge in [0.05, 0.1) is 17.5 Å². The summed E-state index contributed by atoms with van der Waals surface area (Å²) in [7, 11) is -3.08. The molecule has 21 heavy (non-hydrogen) atoms. The van der Waals surface area contributed by atoms with Gasteiger partial charge >= 0.3 is 6.03 Å². The highest BCUT2D eigenvalue weighted by molar-refractivity contribution is 7.91. The fourth-order valence-electron chi connectivity index (χ4n) is 2.38. The number of nitrogens with one attached hydrogen (secondary N) is 1. The maximum atomic E-state index is 12.0. The number of hydrogen-bond donors (Lipinski definition) is 1. The summed E-state index contributed by atoms with van der Waals surface area (Å²) in [6.45, 7) is 3.17.